The Morgan fingerprint density at radius 2 is 1.63 bits per heavy atom. The van der Waals surface area contributed by atoms with Crippen LogP contribution < -0.4 is 16.0 Å². The summed E-state index contributed by atoms with van der Waals surface area (Å²) in [6, 6.07) is 14.3. The summed E-state index contributed by atoms with van der Waals surface area (Å²) in [7, 11) is 1.72. The quantitative estimate of drug-likeness (QED) is 0.225. The van der Waals surface area contributed by atoms with Crippen LogP contribution in [0.3, 0.4) is 0 Å². The number of nitrogens with zero attached hydrogens (tertiary/aromatic N) is 3. The lowest BCUT2D eigenvalue weighted by Crippen LogP contribution is -2.36. The first-order valence-corrected chi connectivity index (χ1v) is 12.1. The van der Waals surface area contributed by atoms with Crippen molar-refractivity contribution >= 4 is 45.3 Å². The standard InChI is InChI=1S/C20H23N5OS.2C2H6.CHN.CH2O/c1-13-5-4-6-15(11-13)16-7-8-17-18(12-16)27-20(24-17)25-19(26)23-10-9-22-14(2)21-3;4*1-2/h4-8,11-12H,9-10H2,1-3H3,(H,21,22)(H2,23,24,25,26);2*1-2H3;1H;1H2. The second-order valence-electron chi connectivity index (χ2n) is 6.19. The van der Waals surface area contributed by atoms with Gasteiger partial charge >= 0.3 is 6.03 Å². The maximum absolute atomic E-state index is 12.0. The maximum atomic E-state index is 12.0. The number of hydrogen-bond donors (Lipinski definition) is 3. The Morgan fingerprint density at radius 3 is 2.23 bits per heavy atom. The van der Waals surface area contributed by atoms with E-state index in [1.54, 1.807) is 7.05 Å². The van der Waals surface area contributed by atoms with Gasteiger partial charge in [0.15, 0.2) is 5.13 Å². The number of thiazole rings is 1. The molecule has 2 amide bonds. The normalized spacial score (nSPS) is 9.34. The summed E-state index contributed by atoms with van der Waals surface area (Å²) in [5.74, 6) is 0.841. The van der Waals surface area contributed by atoms with Crippen LogP contribution in [0.4, 0.5) is 9.93 Å². The van der Waals surface area contributed by atoms with Crippen LogP contribution in [0, 0.1) is 18.8 Å². The van der Waals surface area contributed by atoms with E-state index in [1.807, 2.05) is 47.5 Å². The van der Waals surface area contributed by atoms with Crippen LogP contribution in [0.25, 0.3) is 21.3 Å². The topological polar surface area (TPSA) is 119 Å². The Bertz CT molecular complexity index is 1050. The summed E-state index contributed by atoms with van der Waals surface area (Å²) in [5, 5.41) is 15.8. The molecule has 0 aliphatic rings. The van der Waals surface area contributed by atoms with Gasteiger partial charge in [-0.3, -0.25) is 10.3 Å². The predicted octanol–water partition coefficient (Wildman–Crippen LogP) is 6.04. The van der Waals surface area contributed by atoms with Gasteiger partial charge in [-0.15, -0.1) is 0 Å². The van der Waals surface area contributed by atoms with Crippen molar-refractivity contribution in [2.75, 3.05) is 25.5 Å². The van der Waals surface area contributed by atoms with Gasteiger partial charge in [-0.05, 0) is 37.1 Å². The molecule has 0 aliphatic heterocycles. The lowest BCUT2D eigenvalue weighted by molar-refractivity contribution is -0.0980. The molecule has 0 unspecified atom stereocenters. The van der Waals surface area contributed by atoms with Crippen molar-refractivity contribution in [3.63, 3.8) is 0 Å². The highest BCUT2D eigenvalue weighted by molar-refractivity contribution is 7.22. The van der Waals surface area contributed by atoms with Crippen LogP contribution in [0.1, 0.15) is 40.2 Å². The highest BCUT2D eigenvalue weighted by Crippen LogP contribution is 2.30. The van der Waals surface area contributed by atoms with Gasteiger partial charge in [-0.2, -0.15) is 0 Å². The molecule has 9 heteroatoms. The first-order chi connectivity index (χ1) is 17.0. The number of aliphatic imine (C=N–C) groups is 1. The number of aromatic nitrogens is 1. The second-order valence-corrected chi connectivity index (χ2v) is 7.22. The highest BCUT2D eigenvalue weighted by atomic mass is 32.1. The van der Waals surface area contributed by atoms with Gasteiger partial charge in [0, 0.05) is 26.7 Å². The first-order valence-electron chi connectivity index (χ1n) is 11.3. The molecule has 1 aromatic heterocycles. The van der Waals surface area contributed by atoms with E-state index in [-0.39, 0.29) is 6.03 Å². The number of carbonyl (C=O) groups is 2. The van der Waals surface area contributed by atoms with E-state index >= 15 is 0 Å². The number of rotatable bonds is 5. The monoisotopic (exact) mass is 498 g/mol. The number of aryl methyl sites for hydroxylation is 1. The molecule has 0 radical (unpaired) electrons. The van der Waals surface area contributed by atoms with Crippen molar-refractivity contribution in [1.29, 1.82) is 5.26 Å². The Balaban J connectivity index is 0. The van der Waals surface area contributed by atoms with E-state index in [0.717, 1.165) is 21.6 Å². The number of carbonyl (C=O) groups excluding carboxylic acids is 2. The van der Waals surface area contributed by atoms with Crippen molar-refractivity contribution in [3.8, 4) is 17.7 Å². The fraction of sp³-hybridized carbons (Fsp3) is 0.346. The van der Waals surface area contributed by atoms with Gasteiger partial charge < -0.3 is 15.4 Å². The fourth-order valence-corrected chi connectivity index (χ4v) is 3.52. The largest absolute Gasteiger partial charge is 0.372 e. The van der Waals surface area contributed by atoms with Crippen LogP contribution in [0.5, 0.6) is 0 Å². The number of anilines is 1. The minimum Gasteiger partial charge on any atom is -0.372 e. The molecule has 1 heterocycles. The van der Waals surface area contributed by atoms with Crippen LogP contribution in [-0.2, 0) is 4.79 Å². The van der Waals surface area contributed by atoms with Crippen molar-refractivity contribution < 1.29 is 9.59 Å². The van der Waals surface area contributed by atoms with Crippen molar-refractivity contribution in [2.24, 2.45) is 4.99 Å². The molecule has 0 spiro atoms. The summed E-state index contributed by atoms with van der Waals surface area (Å²) in [6.45, 7) is 18.6. The molecule has 0 saturated carbocycles. The van der Waals surface area contributed by atoms with Crippen LogP contribution in [0.2, 0.25) is 0 Å². The number of benzene rings is 2. The summed E-state index contributed by atoms with van der Waals surface area (Å²) >= 11 is 1.47. The molecule has 0 aliphatic carbocycles. The van der Waals surface area contributed by atoms with E-state index in [1.165, 1.54) is 22.5 Å². The van der Waals surface area contributed by atoms with E-state index in [0.29, 0.717) is 18.2 Å². The second kappa shape index (κ2) is 20.8. The third-order valence-corrected chi connectivity index (χ3v) is 5.02. The van der Waals surface area contributed by atoms with Gasteiger partial charge in [-0.25, -0.2) is 15.0 Å². The SMILES string of the molecule is C#N.C=O.CC.CC.CN=C(C)NCCNC(=O)Nc1nc2ccc(-c3cccc(C)c3)cc2s1. The highest BCUT2D eigenvalue weighted by Gasteiger charge is 2.09. The van der Waals surface area contributed by atoms with Crippen LogP contribution >= 0.6 is 11.3 Å². The Morgan fingerprint density at radius 1 is 1.03 bits per heavy atom. The maximum Gasteiger partial charge on any atom is 0.321 e. The zero-order chi connectivity index (χ0) is 27.2. The zero-order valence-corrected chi connectivity index (χ0v) is 22.6. The molecule has 190 valence electrons. The van der Waals surface area contributed by atoms with Gasteiger partial charge in [-0.1, -0.05) is 74.9 Å². The zero-order valence-electron chi connectivity index (χ0n) is 21.8. The lowest BCUT2D eigenvalue weighted by atomic mass is 10.0. The molecule has 0 saturated heterocycles. The number of nitriles is 1. The number of urea groups is 1. The van der Waals surface area contributed by atoms with Gasteiger partial charge in [0.05, 0.1) is 16.1 Å². The molecule has 3 aromatic rings. The fourth-order valence-electron chi connectivity index (χ4n) is 2.62. The van der Waals surface area contributed by atoms with Gasteiger partial charge in [0.25, 0.3) is 0 Å². The average molecular weight is 499 g/mol. The Labute approximate surface area is 213 Å². The van der Waals surface area contributed by atoms with E-state index in [2.05, 4.69) is 75.8 Å². The molecule has 8 nitrogen and oxygen atoms in total. The molecule has 2 aromatic carbocycles. The molecule has 3 N–H and O–H groups in total. The molecular weight excluding hydrogens is 460 g/mol. The van der Waals surface area contributed by atoms with E-state index < -0.39 is 0 Å². The third kappa shape index (κ3) is 12.3. The van der Waals surface area contributed by atoms with Gasteiger partial charge in [0.2, 0.25) is 0 Å². The Kier molecular flexibility index (Phi) is 19.9. The summed E-state index contributed by atoms with van der Waals surface area (Å²) < 4.78 is 1.04. The molecular formula is C26H38N6O2S. The number of amidine groups is 1. The molecule has 0 bridgehead atoms. The number of fused-ring (bicyclic) bond motifs is 1. The first kappa shape index (κ1) is 33.4. The minimum absolute atomic E-state index is 0.263. The van der Waals surface area contributed by atoms with Crippen molar-refractivity contribution in [1.82, 2.24) is 15.6 Å². The molecule has 0 fully saturated rings. The number of nitrogens with one attached hydrogen (secondary N) is 3. The average Bonchev–Trinajstić information content (AvgIpc) is 3.32. The summed E-state index contributed by atoms with van der Waals surface area (Å²) in [6.07, 6.45) is 0. The van der Waals surface area contributed by atoms with Crippen molar-refractivity contribution in [2.45, 2.75) is 41.5 Å². The lowest BCUT2D eigenvalue weighted by Gasteiger charge is -2.07. The van der Waals surface area contributed by atoms with Crippen molar-refractivity contribution in [3.05, 3.63) is 48.0 Å². The Hall–Kier alpha value is -3.77. The predicted molar refractivity (Wildman–Crippen MR) is 150 cm³/mol. The smallest absolute Gasteiger partial charge is 0.321 e. The summed E-state index contributed by atoms with van der Waals surface area (Å²) in [5.41, 5.74) is 4.43. The molecule has 35 heavy (non-hydrogen) atoms. The van der Waals surface area contributed by atoms with E-state index in [4.69, 9.17) is 10.1 Å². The van der Waals surface area contributed by atoms with Crippen LogP contribution in [-0.4, -0.2) is 43.8 Å². The minimum atomic E-state index is -0.263. The summed E-state index contributed by atoms with van der Waals surface area (Å²) in [4.78, 5) is 28.5. The number of hydrogen-bond acceptors (Lipinski definition) is 6. The van der Waals surface area contributed by atoms with Crippen LogP contribution in [0.15, 0.2) is 47.5 Å². The number of amides is 2. The molecule has 0 atom stereocenters. The van der Waals surface area contributed by atoms with Gasteiger partial charge in [0.1, 0.15) is 6.79 Å². The third-order valence-electron chi connectivity index (χ3n) is 4.09. The van der Waals surface area contributed by atoms with E-state index in [9.17, 15) is 4.79 Å². The molecule has 3 rings (SSSR count).